The van der Waals surface area contributed by atoms with E-state index in [9.17, 15) is 0 Å². The van der Waals surface area contributed by atoms with Crippen LogP contribution in [-0.2, 0) is 5.88 Å². The Morgan fingerprint density at radius 3 is 2.47 bits per heavy atom. The van der Waals surface area contributed by atoms with Crippen molar-refractivity contribution in [2.75, 3.05) is 11.9 Å². The lowest BCUT2D eigenvalue weighted by molar-refractivity contribution is 0.313. The van der Waals surface area contributed by atoms with Crippen molar-refractivity contribution < 1.29 is 0 Å². The van der Waals surface area contributed by atoms with Gasteiger partial charge in [-0.15, -0.1) is 11.6 Å². The van der Waals surface area contributed by atoms with Crippen molar-refractivity contribution in [1.29, 1.82) is 0 Å². The quantitative estimate of drug-likeness (QED) is 0.665. The van der Waals surface area contributed by atoms with Crippen molar-refractivity contribution in [1.82, 2.24) is 0 Å². The Balaban J connectivity index is 2.11. The molecular formula is C16H23Cl2N. The fourth-order valence-electron chi connectivity index (χ4n) is 3.12. The molecule has 1 aromatic carbocycles. The number of nitrogens with zero attached hydrogens (tertiary/aromatic N) is 1. The zero-order valence-electron chi connectivity index (χ0n) is 11.8. The summed E-state index contributed by atoms with van der Waals surface area (Å²) >= 11 is 12.2. The number of anilines is 1. The summed E-state index contributed by atoms with van der Waals surface area (Å²) in [5, 5.41) is 0.790. The van der Waals surface area contributed by atoms with Gasteiger partial charge >= 0.3 is 0 Å². The Bertz CT molecular complexity index is 411. The van der Waals surface area contributed by atoms with E-state index >= 15 is 0 Å². The molecule has 106 valence electrons. The molecule has 0 spiro atoms. The molecule has 0 atom stereocenters. The maximum atomic E-state index is 6.13. The zero-order valence-corrected chi connectivity index (χ0v) is 13.3. The fourth-order valence-corrected chi connectivity index (χ4v) is 3.51. The van der Waals surface area contributed by atoms with Gasteiger partial charge in [0, 0.05) is 29.7 Å². The van der Waals surface area contributed by atoms with Gasteiger partial charge in [0.15, 0.2) is 0 Å². The molecule has 0 saturated heterocycles. The largest absolute Gasteiger partial charge is 0.371 e. The van der Waals surface area contributed by atoms with Crippen molar-refractivity contribution in [2.45, 2.75) is 50.9 Å². The van der Waals surface area contributed by atoms with Gasteiger partial charge in [-0.05, 0) is 49.3 Å². The standard InChI is InChI=1S/C16H23Cl2N/c1-3-12-4-8-15(9-5-12)19(2)16-10-14(18)7-6-13(16)11-17/h6-7,10,12,15H,3-5,8-9,11H2,1-2H3. The number of hydrogen-bond donors (Lipinski definition) is 0. The lowest BCUT2D eigenvalue weighted by Gasteiger charge is -2.36. The minimum Gasteiger partial charge on any atom is -0.371 e. The molecule has 19 heavy (non-hydrogen) atoms. The summed E-state index contributed by atoms with van der Waals surface area (Å²) in [5.41, 5.74) is 2.37. The Hall–Kier alpha value is -0.400. The molecule has 0 heterocycles. The number of alkyl halides is 1. The molecule has 0 amide bonds. The van der Waals surface area contributed by atoms with Gasteiger partial charge in [-0.1, -0.05) is 31.0 Å². The van der Waals surface area contributed by atoms with Crippen LogP contribution in [0, 0.1) is 5.92 Å². The van der Waals surface area contributed by atoms with Crippen LogP contribution in [0.5, 0.6) is 0 Å². The molecular weight excluding hydrogens is 277 g/mol. The Morgan fingerprint density at radius 2 is 1.89 bits per heavy atom. The summed E-state index contributed by atoms with van der Waals surface area (Å²) in [5.74, 6) is 1.47. The highest BCUT2D eigenvalue weighted by Crippen LogP contribution is 2.33. The molecule has 0 aliphatic heterocycles. The average molecular weight is 300 g/mol. The monoisotopic (exact) mass is 299 g/mol. The van der Waals surface area contributed by atoms with Crippen molar-refractivity contribution in [3.8, 4) is 0 Å². The predicted molar refractivity (Wildman–Crippen MR) is 85.4 cm³/mol. The molecule has 1 nitrogen and oxygen atoms in total. The van der Waals surface area contributed by atoms with E-state index in [-0.39, 0.29) is 0 Å². The van der Waals surface area contributed by atoms with Crippen molar-refractivity contribution in [3.05, 3.63) is 28.8 Å². The van der Waals surface area contributed by atoms with E-state index in [2.05, 4.69) is 18.9 Å². The molecule has 0 bridgehead atoms. The molecule has 1 aromatic rings. The minimum absolute atomic E-state index is 0.543. The molecule has 1 aliphatic carbocycles. The van der Waals surface area contributed by atoms with E-state index in [0.29, 0.717) is 11.9 Å². The maximum Gasteiger partial charge on any atom is 0.0494 e. The van der Waals surface area contributed by atoms with E-state index in [0.717, 1.165) is 10.9 Å². The molecule has 1 aliphatic rings. The van der Waals surface area contributed by atoms with Crippen LogP contribution in [0.2, 0.25) is 5.02 Å². The van der Waals surface area contributed by atoms with Crippen LogP contribution in [0.4, 0.5) is 5.69 Å². The lowest BCUT2D eigenvalue weighted by atomic mass is 9.84. The Kier molecular flexibility index (Phi) is 5.41. The van der Waals surface area contributed by atoms with Gasteiger partial charge in [0.2, 0.25) is 0 Å². The second-order valence-corrected chi connectivity index (χ2v) is 6.30. The molecule has 1 saturated carbocycles. The topological polar surface area (TPSA) is 3.24 Å². The Labute approximate surface area is 126 Å². The minimum atomic E-state index is 0.543. The molecule has 0 unspecified atom stereocenters. The molecule has 1 fully saturated rings. The van der Waals surface area contributed by atoms with Crippen molar-refractivity contribution in [2.24, 2.45) is 5.92 Å². The zero-order chi connectivity index (χ0) is 13.8. The summed E-state index contributed by atoms with van der Waals surface area (Å²) in [7, 11) is 2.18. The predicted octanol–water partition coefficient (Wildman–Crippen LogP) is 5.48. The highest BCUT2D eigenvalue weighted by Gasteiger charge is 2.24. The first-order valence-electron chi connectivity index (χ1n) is 7.23. The van der Waals surface area contributed by atoms with Crippen LogP contribution in [0.25, 0.3) is 0 Å². The summed E-state index contributed by atoms with van der Waals surface area (Å²) in [6.45, 7) is 2.30. The van der Waals surface area contributed by atoms with Gasteiger partial charge in [-0.25, -0.2) is 0 Å². The smallest absolute Gasteiger partial charge is 0.0494 e. The molecule has 3 heteroatoms. The highest BCUT2D eigenvalue weighted by atomic mass is 35.5. The van der Waals surface area contributed by atoms with Gasteiger partial charge in [0.05, 0.1) is 0 Å². The number of benzene rings is 1. The normalized spacial score (nSPS) is 23.4. The molecule has 2 rings (SSSR count). The summed E-state index contributed by atoms with van der Waals surface area (Å²) < 4.78 is 0. The SMILES string of the molecule is CCC1CCC(N(C)c2cc(Cl)ccc2CCl)CC1. The van der Waals surface area contributed by atoms with Crippen LogP contribution in [0.1, 0.15) is 44.6 Å². The van der Waals surface area contributed by atoms with Gasteiger partial charge in [-0.2, -0.15) is 0 Å². The van der Waals surface area contributed by atoms with Crippen LogP contribution < -0.4 is 4.90 Å². The molecule has 0 aromatic heterocycles. The van der Waals surface area contributed by atoms with Gasteiger partial charge in [0.25, 0.3) is 0 Å². The highest BCUT2D eigenvalue weighted by molar-refractivity contribution is 6.31. The van der Waals surface area contributed by atoms with Crippen molar-refractivity contribution >= 4 is 28.9 Å². The van der Waals surface area contributed by atoms with E-state index in [1.54, 1.807) is 0 Å². The van der Waals surface area contributed by atoms with Gasteiger partial charge < -0.3 is 4.90 Å². The first-order valence-corrected chi connectivity index (χ1v) is 8.14. The molecule has 0 radical (unpaired) electrons. The van der Waals surface area contributed by atoms with Crippen LogP contribution in [0.15, 0.2) is 18.2 Å². The van der Waals surface area contributed by atoms with Gasteiger partial charge in [-0.3, -0.25) is 0 Å². The first-order chi connectivity index (χ1) is 9.15. The van der Waals surface area contributed by atoms with E-state index < -0.39 is 0 Å². The van der Waals surface area contributed by atoms with Crippen LogP contribution in [-0.4, -0.2) is 13.1 Å². The first kappa shape index (κ1) is 15.0. The number of hydrogen-bond acceptors (Lipinski definition) is 1. The number of halogens is 2. The third kappa shape index (κ3) is 3.58. The van der Waals surface area contributed by atoms with Crippen LogP contribution in [0.3, 0.4) is 0 Å². The third-order valence-corrected chi connectivity index (χ3v) is 5.04. The van der Waals surface area contributed by atoms with E-state index in [1.807, 2.05) is 18.2 Å². The second-order valence-electron chi connectivity index (χ2n) is 5.60. The van der Waals surface area contributed by atoms with Crippen LogP contribution >= 0.6 is 23.2 Å². The Morgan fingerprint density at radius 1 is 1.21 bits per heavy atom. The molecule has 0 N–H and O–H groups in total. The van der Waals surface area contributed by atoms with E-state index in [4.69, 9.17) is 23.2 Å². The van der Waals surface area contributed by atoms with Gasteiger partial charge in [0.1, 0.15) is 0 Å². The summed E-state index contributed by atoms with van der Waals surface area (Å²) in [6, 6.07) is 6.64. The lowest BCUT2D eigenvalue weighted by Crippen LogP contribution is -2.35. The number of rotatable bonds is 4. The summed E-state index contributed by atoms with van der Waals surface area (Å²) in [6.07, 6.45) is 6.58. The average Bonchev–Trinajstić information content (AvgIpc) is 2.46. The second kappa shape index (κ2) is 6.85. The maximum absolute atomic E-state index is 6.13. The summed E-state index contributed by atoms with van der Waals surface area (Å²) in [4.78, 5) is 2.38. The third-order valence-electron chi connectivity index (χ3n) is 4.51. The van der Waals surface area contributed by atoms with Crippen molar-refractivity contribution in [3.63, 3.8) is 0 Å². The fraction of sp³-hybridized carbons (Fsp3) is 0.625. The van der Waals surface area contributed by atoms with E-state index in [1.165, 1.54) is 43.4 Å².